The van der Waals surface area contributed by atoms with Crippen LogP contribution in [-0.2, 0) is 16.0 Å². The molecule has 0 aliphatic rings. The van der Waals surface area contributed by atoms with Crippen molar-refractivity contribution in [2.24, 2.45) is 0 Å². The maximum Gasteiger partial charge on any atom is 0.305 e. The van der Waals surface area contributed by atoms with E-state index in [2.05, 4.69) is 19.1 Å². The Kier molecular flexibility index (Phi) is 15.9. The van der Waals surface area contributed by atoms with Crippen molar-refractivity contribution in [2.45, 2.75) is 103 Å². The summed E-state index contributed by atoms with van der Waals surface area (Å²) in [7, 11) is 0. The van der Waals surface area contributed by atoms with Crippen LogP contribution in [0.4, 0.5) is 0 Å². The smallest absolute Gasteiger partial charge is 0.305 e. The highest BCUT2D eigenvalue weighted by atomic mass is 16.5. The second-order valence-electron chi connectivity index (χ2n) is 7.97. The lowest BCUT2D eigenvalue weighted by Crippen LogP contribution is -2.07. The molecule has 1 aromatic rings. The Morgan fingerprint density at radius 1 is 0.828 bits per heavy atom. The lowest BCUT2D eigenvalue weighted by atomic mass is 10.1. The molecule has 0 aromatic heterocycles. The van der Waals surface area contributed by atoms with Crippen LogP contribution in [0.2, 0.25) is 0 Å². The lowest BCUT2D eigenvalue weighted by Gasteiger charge is -2.05. The van der Waals surface area contributed by atoms with Crippen molar-refractivity contribution in [3.63, 3.8) is 0 Å². The van der Waals surface area contributed by atoms with E-state index in [0.29, 0.717) is 19.4 Å². The third-order valence-corrected chi connectivity index (χ3v) is 5.23. The van der Waals surface area contributed by atoms with Gasteiger partial charge in [0.15, 0.2) is 0 Å². The van der Waals surface area contributed by atoms with E-state index >= 15 is 0 Å². The number of ether oxygens (including phenoxy) is 1. The Morgan fingerprint density at radius 3 is 2.00 bits per heavy atom. The van der Waals surface area contributed by atoms with Gasteiger partial charge in [-0.2, -0.15) is 0 Å². The summed E-state index contributed by atoms with van der Waals surface area (Å²) in [6.45, 7) is 2.67. The first-order valence-corrected chi connectivity index (χ1v) is 11.8. The van der Waals surface area contributed by atoms with Gasteiger partial charge in [-0.05, 0) is 49.8 Å². The minimum Gasteiger partial charge on any atom is -0.508 e. The number of rotatable bonds is 18. The Hall–Kier alpha value is -1.77. The van der Waals surface area contributed by atoms with Gasteiger partial charge in [0, 0.05) is 12.8 Å². The van der Waals surface area contributed by atoms with Crippen LogP contribution < -0.4 is 0 Å². The molecule has 29 heavy (non-hydrogen) atoms. The highest BCUT2D eigenvalue weighted by Crippen LogP contribution is 2.12. The van der Waals surface area contributed by atoms with Gasteiger partial charge >= 0.3 is 5.97 Å². The molecule has 0 atom stereocenters. The minimum absolute atomic E-state index is 0.0959. The summed E-state index contributed by atoms with van der Waals surface area (Å²) in [6, 6.07) is 7.02. The number of allylic oxidation sites excluding steroid dienone is 2. The van der Waals surface area contributed by atoms with Gasteiger partial charge in [-0.25, -0.2) is 0 Å². The number of hydrogen-bond acceptors (Lipinski definition) is 3. The van der Waals surface area contributed by atoms with Crippen LogP contribution in [0.25, 0.3) is 0 Å². The Morgan fingerprint density at radius 2 is 1.38 bits per heavy atom. The molecule has 0 saturated heterocycles. The molecule has 0 spiro atoms. The molecular weight excluding hydrogens is 360 g/mol. The van der Waals surface area contributed by atoms with Crippen LogP contribution in [-0.4, -0.2) is 17.7 Å². The van der Waals surface area contributed by atoms with Crippen molar-refractivity contribution in [3.8, 4) is 5.75 Å². The fourth-order valence-corrected chi connectivity index (χ4v) is 3.36. The van der Waals surface area contributed by atoms with E-state index in [-0.39, 0.29) is 11.7 Å². The third kappa shape index (κ3) is 15.8. The molecule has 0 saturated carbocycles. The second-order valence-corrected chi connectivity index (χ2v) is 7.97. The highest BCUT2D eigenvalue weighted by Gasteiger charge is 2.03. The van der Waals surface area contributed by atoms with Crippen molar-refractivity contribution in [2.75, 3.05) is 6.61 Å². The fraction of sp³-hybridized carbons (Fsp3) is 0.654. The standard InChI is InChI=1S/C26H42O3/c1-2-3-4-5-6-7-8-9-10-11-12-13-14-15-16-17-26(28)29-23-22-24-18-20-25(27)21-19-24/h9-10,18-21,27H,2-8,11-17,22-23H2,1H3/b10-9+. The van der Waals surface area contributed by atoms with Crippen LogP contribution in [0.5, 0.6) is 5.75 Å². The molecule has 1 aromatic carbocycles. The summed E-state index contributed by atoms with van der Waals surface area (Å²) in [4.78, 5) is 11.7. The topological polar surface area (TPSA) is 46.5 Å². The van der Waals surface area contributed by atoms with Gasteiger partial charge in [0.2, 0.25) is 0 Å². The van der Waals surface area contributed by atoms with E-state index in [0.717, 1.165) is 18.4 Å². The number of carbonyl (C=O) groups is 1. The average molecular weight is 403 g/mol. The zero-order valence-corrected chi connectivity index (χ0v) is 18.5. The average Bonchev–Trinajstić information content (AvgIpc) is 2.72. The molecule has 0 aliphatic heterocycles. The number of hydrogen-bond donors (Lipinski definition) is 1. The first kappa shape index (κ1) is 25.3. The quantitative estimate of drug-likeness (QED) is 0.157. The van der Waals surface area contributed by atoms with E-state index in [1.165, 1.54) is 70.6 Å². The molecule has 164 valence electrons. The zero-order chi connectivity index (χ0) is 21.0. The number of phenols is 1. The van der Waals surface area contributed by atoms with E-state index < -0.39 is 0 Å². The predicted octanol–water partition coefficient (Wildman–Crippen LogP) is 7.52. The minimum atomic E-state index is -0.0959. The Balaban J connectivity index is 1.83. The molecule has 0 aliphatic carbocycles. The van der Waals surface area contributed by atoms with Gasteiger partial charge in [0.05, 0.1) is 6.61 Å². The largest absolute Gasteiger partial charge is 0.508 e. The molecule has 3 heteroatoms. The summed E-state index contributed by atoms with van der Waals surface area (Å²) in [6.07, 6.45) is 22.3. The second kappa shape index (κ2) is 18.3. The van der Waals surface area contributed by atoms with Crippen molar-refractivity contribution in [1.29, 1.82) is 0 Å². The number of phenolic OH excluding ortho intramolecular Hbond substituents is 1. The maximum absolute atomic E-state index is 11.7. The van der Waals surface area contributed by atoms with E-state index in [9.17, 15) is 9.90 Å². The number of carbonyl (C=O) groups excluding carboxylic acids is 1. The summed E-state index contributed by atoms with van der Waals surface area (Å²) in [5.41, 5.74) is 1.07. The van der Waals surface area contributed by atoms with Gasteiger partial charge in [-0.3, -0.25) is 4.79 Å². The molecule has 0 bridgehead atoms. The SMILES string of the molecule is CCCCCCCC/C=C/CCCCCCCC(=O)OCCc1ccc(O)cc1. The normalized spacial score (nSPS) is 11.2. The molecule has 0 fully saturated rings. The van der Waals surface area contributed by atoms with Crippen LogP contribution in [0, 0.1) is 0 Å². The van der Waals surface area contributed by atoms with E-state index in [4.69, 9.17) is 4.74 Å². The number of esters is 1. The van der Waals surface area contributed by atoms with Crippen molar-refractivity contribution >= 4 is 5.97 Å². The molecule has 0 amide bonds. The summed E-state index contributed by atoms with van der Waals surface area (Å²) in [5, 5.41) is 9.24. The number of aromatic hydroxyl groups is 1. The summed E-state index contributed by atoms with van der Waals surface area (Å²) < 4.78 is 5.28. The Labute approximate surface area is 178 Å². The van der Waals surface area contributed by atoms with Gasteiger partial charge in [0.1, 0.15) is 5.75 Å². The zero-order valence-electron chi connectivity index (χ0n) is 18.5. The lowest BCUT2D eigenvalue weighted by molar-refractivity contribution is -0.143. The first-order chi connectivity index (χ1) is 14.2. The van der Waals surface area contributed by atoms with Gasteiger partial charge < -0.3 is 9.84 Å². The fourth-order valence-electron chi connectivity index (χ4n) is 3.36. The van der Waals surface area contributed by atoms with E-state index in [1.807, 2.05) is 12.1 Å². The molecular formula is C26H42O3. The molecule has 3 nitrogen and oxygen atoms in total. The van der Waals surface area contributed by atoms with Crippen molar-refractivity contribution < 1.29 is 14.6 Å². The molecule has 1 N–H and O–H groups in total. The van der Waals surface area contributed by atoms with Gasteiger partial charge in [-0.1, -0.05) is 82.6 Å². The van der Waals surface area contributed by atoms with Crippen molar-refractivity contribution in [1.82, 2.24) is 0 Å². The molecule has 1 rings (SSSR count). The van der Waals surface area contributed by atoms with Crippen LogP contribution in [0.15, 0.2) is 36.4 Å². The highest BCUT2D eigenvalue weighted by molar-refractivity contribution is 5.69. The van der Waals surface area contributed by atoms with Crippen LogP contribution in [0.3, 0.4) is 0 Å². The van der Waals surface area contributed by atoms with Crippen LogP contribution >= 0.6 is 0 Å². The van der Waals surface area contributed by atoms with Gasteiger partial charge in [-0.15, -0.1) is 0 Å². The van der Waals surface area contributed by atoms with E-state index in [1.54, 1.807) is 12.1 Å². The summed E-state index contributed by atoms with van der Waals surface area (Å²) >= 11 is 0. The third-order valence-electron chi connectivity index (χ3n) is 5.23. The molecule has 0 radical (unpaired) electrons. The summed E-state index contributed by atoms with van der Waals surface area (Å²) in [5.74, 6) is 0.163. The van der Waals surface area contributed by atoms with Gasteiger partial charge in [0.25, 0.3) is 0 Å². The Bertz CT molecular complexity index is 533. The molecule has 0 heterocycles. The molecule has 0 unspecified atom stereocenters. The number of benzene rings is 1. The van der Waals surface area contributed by atoms with Crippen molar-refractivity contribution in [3.05, 3.63) is 42.0 Å². The maximum atomic E-state index is 11.7. The predicted molar refractivity (Wildman–Crippen MR) is 122 cm³/mol. The first-order valence-electron chi connectivity index (χ1n) is 11.8. The monoisotopic (exact) mass is 402 g/mol. The van der Waals surface area contributed by atoms with Crippen LogP contribution in [0.1, 0.15) is 102 Å². The number of unbranched alkanes of at least 4 members (excludes halogenated alkanes) is 11.